The van der Waals surface area contributed by atoms with Crippen molar-refractivity contribution in [2.24, 2.45) is 11.8 Å². The molecule has 0 aliphatic carbocycles. The molecule has 0 saturated carbocycles. The summed E-state index contributed by atoms with van der Waals surface area (Å²) in [5.41, 5.74) is -1.53. The van der Waals surface area contributed by atoms with E-state index in [2.05, 4.69) is 5.32 Å². The molecule has 1 rings (SSSR count). The Morgan fingerprint density at radius 1 is 1.06 bits per heavy atom. The first-order valence-corrected chi connectivity index (χ1v) is 12.4. The zero-order valence-electron chi connectivity index (χ0n) is 22.7. The van der Waals surface area contributed by atoms with Gasteiger partial charge in [-0.25, -0.2) is 9.59 Å². The van der Waals surface area contributed by atoms with Crippen LogP contribution in [0.2, 0.25) is 0 Å². The second-order valence-corrected chi connectivity index (χ2v) is 11.1. The van der Waals surface area contributed by atoms with Crippen molar-refractivity contribution in [2.75, 3.05) is 0 Å². The molecule has 2 amide bonds. The number of ether oxygens (including phenoxy) is 2. The number of allylic oxidation sites excluding steroid dienone is 1. The van der Waals surface area contributed by atoms with Gasteiger partial charge in [0.25, 0.3) is 0 Å². The van der Waals surface area contributed by atoms with E-state index in [4.69, 9.17) is 9.47 Å². The van der Waals surface area contributed by atoms with Crippen LogP contribution >= 0.6 is 0 Å². The van der Waals surface area contributed by atoms with Crippen LogP contribution in [0.5, 0.6) is 0 Å². The van der Waals surface area contributed by atoms with Crippen LogP contribution in [0.15, 0.2) is 12.2 Å². The number of hydrogen-bond donors (Lipinski definition) is 2. The second-order valence-electron chi connectivity index (χ2n) is 11.1. The highest BCUT2D eigenvalue weighted by Crippen LogP contribution is 2.38. The number of carbonyl (C=O) groups is 3. The third-order valence-electron chi connectivity index (χ3n) is 5.95. The summed E-state index contributed by atoms with van der Waals surface area (Å²) in [5.74, 6) is -1.24. The molecular weight excluding hydrogens is 436 g/mol. The van der Waals surface area contributed by atoms with Gasteiger partial charge in [-0.1, -0.05) is 38.8 Å². The smallest absolute Gasteiger partial charge is 0.411 e. The van der Waals surface area contributed by atoms with Gasteiger partial charge in [-0.15, -0.1) is 0 Å². The fourth-order valence-corrected chi connectivity index (χ4v) is 4.62. The van der Waals surface area contributed by atoms with Crippen LogP contribution in [0.3, 0.4) is 0 Å². The normalized spacial score (nSPS) is 23.2. The maximum atomic E-state index is 13.5. The molecule has 8 heteroatoms. The molecule has 1 aliphatic heterocycles. The van der Waals surface area contributed by atoms with Gasteiger partial charge in [-0.2, -0.15) is 0 Å². The molecule has 1 fully saturated rings. The summed E-state index contributed by atoms with van der Waals surface area (Å²) in [6.07, 6.45) is 3.89. The first kappa shape index (κ1) is 29.9. The third-order valence-corrected chi connectivity index (χ3v) is 5.95. The molecule has 0 spiro atoms. The minimum atomic E-state index is -0.918. The zero-order valence-corrected chi connectivity index (χ0v) is 22.7. The highest BCUT2D eigenvalue weighted by atomic mass is 16.6. The molecule has 0 unspecified atom stereocenters. The van der Waals surface area contributed by atoms with E-state index in [9.17, 15) is 19.5 Å². The number of carbonyl (C=O) groups excluding carboxylic acids is 3. The second kappa shape index (κ2) is 12.0. The summed E-state index contributed by atoms with van der Waals surface area (Å²) < 4.78 is 11.4. The summed E-state index contributed by atoms with van der Waals surface area (Å²) >= 11 is 0. The van der Waals surface area contributed by atoms with Crippen molar-refractivity contribution >= 4 is 18.0 Å². The Kier molecular flexibility index (Phi) is 10.6. The van der Waals surface area contributed by atoms with Gasteiger partial charge in [0.15, 0.2) is 0 Å². The van der Waals surface area contributed by atoms with Crippen molar-refractivity contribution in [2.45, 2.75) is 124 Å². The third kappa shape index (κ3) is 8.29. The van der Waals surface area contributed by atoms with Gasteiger partial charge >= 0.3 is 12.1 Å². The molecule has 0 bridgehead atoms. The number of amides is 2. The molecule has 1 heterocycles. The zero-order chi connectivity index (χ0) is 26.4. The summed E-state index contributed by atoms with van der Waals surface area (Å²) in [5, 5.41) is 14.3. The molecule has 0 aromatic heterocycles. The maximum Gasteiger partial charge on any atom is 0.411 e. The van der Waals surface area contributed by atoms with E-state index in [0.717, 1.165) is 0 Å². The Labute approximate surface area is 205 Å². The summed E-state index contributed by atoms with van der Waals surface area (Å²) in [4.78, 5) is 40.4. The average Bonchev–Trinajstić information content (AvgIpc) is 3.04. The Morgan fingerprint density at radius 2 is 1.59 bits per heavy atom. The lowest BCUT2D eigenvalue weighted by Gasteiger charge is -2.40. The molecule has 196 valence electrons. The average molecular weight is 483 g/mol. The molecule has 1 saturated heterocycles. The van der Waals surface area contributed by atoms with Gasteiger partial charge < -0.3 is 19.9 Å². The molecular formula is C26H46N2O6. The van der Waals surface area contributed by atoms with Gasteiger partial charge in [0.1, 0.15) is 17.2 Å². The monoisotopic (exact) mass is 482 g/mol. The number of hydrogen-bond acceptors (Lipinski definition) is 6. The fourth-order valence-electron chi connectivity index (χ4n) is 4.62. The van der Waals surface area contributed by atoms with Crippen molar-refractivity contribution in [1.29, 1.82) is 0 Å². The van der Waals surface area contributed by atoms with Gasteiger partial charge in [-0.3, -0.25) is 9.69 Å². The van der Waals surface area contributed by atoms with Gasteiger partial charge in [0.05, 0.1) is 18.2 Å². The lowest BCUT2D eigenvalue weighted by molar-refractivity contribution is -0.160. The van der Waals surface area contributed by atoms with E-state index < -0.39 is 47.5 Å². The van der Waals surface area contributed by atoms with Crippen LogP contribution in [-0.4, -0.2) is 63.4 Å². The minimum Gasteiger partial charge on any atom is -0.458 e. The summed E-state index contributed by atoms with van der Waals surface area (Å²) in [6, 6.07) is -2.39. The van der Waals surface area contributed by atoms with E-state index in [0.29, 0.717) is 19.3 Å². The Hall–Kier alpha value is -2.09. The molecule has 8 nitrogen and oxygen atoms in total. The predicted octanol–water partition coefficient (Wildman–Crippen LogP) is 4.20. The van der Waals surface area contributed by atoms with Crippen molar-refractivity contribution in [1.82, 2.24) is 10.2 Å². The van der Waals surface area contributed by atoms with Gasteiger partial charge in [0.2, 0.25) is 5.91 Å². The van der Waals surface area contributed by atoms with Crippen LogP contribution in [0.25, 0.3) is 0 Å². The van der Waals surface area contributed by atoms with E-state index in [1.54, 1.807) is 41.5 Å². The maximum absolute atomic E-state index is 13.5. The number of aliphatic hydroxyl groups is 1. The topological polar surface area (TPSA) is 105 Å². The van der Waals surface area contributed by atoms with Crippen LogP contribution in [-0.2, 0) is 19.1 Å². The first-order valence-electron chi connectivity index (χ1n) is 12.4. The predicted molar refractivity (Wildman–Crippen MR) is 132 cm³/mol. The molecule has 0 aromatic rings. The van der Waals surface area contributed by atoms with Crippen LogP contribution in [0.4, 0.5) is 4.79 Å². The van der Waals surface area contributed by atoms with Crippen LogP contribution < -0.4 is 5.32 Å². The number of nitrogens with zero attached hydrogens (tertiary/aromatic N) is 1. The molecule has 2 N–H and O–H groups in total. The Balaban J connectivity index is 3.65. The van der Waals surface area contributed by atoms with Gasteiger partial charge in [-0.05, 0) is 60.8 Å². The number of likely N-dealkylation sites (tertiary alicyclic amines) is 1. The van der Waals surface area contributed by atoms with Crippen LogP contribution in [0.1, 0.15) is 88.5 Å². The largest absolute Gasteiger partial charge is 0.458 e. The van der Waals surface area contributed by atoms with Crippen molar-refractivity contribution < 1.29 is 29.0 Å². The Morgan fingerprint density at radius 3 is 2.00 bits per heavy atom. The number of nitrogens with one attached hydrogen (secondary N) is 1. The lowest BCUT2D eigenvalue weighted by atomic mass is 9.83. The molecule has 1 aliphatic rings. The fraction of sp³-hybridized carbons (Fsp3) is 0.808. The first-order chi connectivity index (χ1) is 15.6. The summed E-state index contributed by atoms with van der Waals surface area (Å²) in [6.45, 7) is 17.8. The number of esters is 1. The SMILES string of the molecule is C/C=C\[C@@H]1C[C@H](C(=O)OC(C)(C)C)N(C(=O)OC(C)(C)C)[C@H]1[C@@H](NC(C)=O)[C@H](O)C(CC)CC. The molecule has 5 atom stereocenters. The molecule has 34 heavy (non-hydrogen) atoms. The van der Waals surface area contributed by atoms with Crippen molar-refractivity contribution in [3.8, 4) is 0 Å². The lowest BCUT2D eigenvalue weighted by Crippen LogP contribution is -2.61. The van der Waals surface area contributed by atoms with Crippen molar-refractivity contribution in [3.05, 3.63) is 12.2 Å². The van der Waals surface area contributed by atoms with E-state index in [1.807, 2.05) is 32.9 Å². The highest BCUT2D eigenvalue weighted by Gasteiger charge is 2.53. The van der Waals surface area contributed by atoms with E-state index in [-0.39, 0.29) is 17.7 Å². The number of aliphatic hydroxyl groups excluding tert-OH is 1. The van der Waals surface area contributed by atoms with Crippen molar-refractivity contribution in [3.63, 3.8) is 0 Å². The quantitative estimate of drug-likeness (QED) is 0.397. The molecule has 0 aromatic carbocycles. The minimum absolute atomic E-state index is 0.0934. The number of rotatable bonds is 8. The molecule has 0 radical (unpaired) electrons. The highest BCUT2D eigenvalue weighted by molar-refractivity contribution is 5.83. The Bertz CT molecular complexity index is 733. The van der Waals surface area contributed by atoms with E-state index in [1.165, 1.54) is 11.8 Å². The van der Waals surface area contributed by atoms with Crippen LogP contribution in [0, 0.1) is 11.8 Å². The standard InChI is InChI=1S/C26H46N2O6/c1-11-14-18-15-19(23(31)33-25(5,6)7)28(24(32)34-26(8,9)10)21(18)20(27-16(4)29)22(30)17(12-2)13-3/h11,14,17-22,30H,12-13,15H2,1-10H3,(H,27,29)/b14-11-/t18-,19-,20-,21-,22-/m1/s1. The summed E-state index contributed by atoms with van der Waals surface area (Å²) in [7, 11) is 0. The van der Waals surface area contributed by atoms with E-state index >= 15 is 0 Å². The van der Waals surface area contributed by atoms with Gasteiger partial charge in [0, 0.05) is 12.8 Å².